The van der Waals surface area contributed by atoms with Crippen LogP contribution in [0.3, 0.4) is 0 Å². The molecule has 1 aliphatic rings. The Bertz CT molecular complexity index is 695. The maximum atomic E-state index is 12.6. The lowest BCUT2D eigenvalue weighted by Gasteiger charge is -2.18. The van der Waals surface area contributed by atoms with Crippen molar-refractivity contribution < 1.29 is 9.53 Å². The molecule has 0 N–H and O–H groups in total. The zero-order chi connectivity index (χ0) is 15.5. The molecule has 2 aromatic rings. The van der Waals surface area contributed by atoms with Gasteiger partial charge in [-0.15, -0.1) is 0 Å². The zero-order valence-corrected chi connectivity index (χ0v) is 15.5. The second-order valence-electron chi connectivity index (χ2n) is 5.05. The topological polar surface area (TPSA) is 42.4 Å². The molecule has 1 atom stereocenters. The highest BCUT2D eigenvalue weighted by atomic mass is 127. The minimum absolute atomic E-state index is 0.0171. The number of hydrogen-bond donors (Lipinski definition) is 0. The van der Waals surface area contributed by atoms with Gasteiger partial charge < -0.3 is 9.64 Å². The molecular formula is C16H14BrIN2O2. The summed E-state index contributed by atoms with van der Waals surface area (Å²) in [6, 6.07) is 11.4. The number of benzene rings is 1. The van der Waals surface area contributed by atoms with Gasteiger partial charge in [0.25, 0.3) is 5.91 Å². The Hall–Kier alpha value is -1.15. The maximum absolute atomic E-state index is 12.6. The first kappa shape index (κ1) is 15.7. The van der Waals surface area contributed by atoms with Crippen molar-refractivity contribution in [3.05, 3.63) is 56.2 Å². The van der Waals surface area contributed by atoms with E-state index in [9.17, 15) is 4.79 Å². The smallest absolute Gasteiger partial charge is 0.255 e. The fourth-order valence-electron chi connectivity index (χ4n) is 2.43. The van der Waals surface area contributed by atoms with E-state index in [1.54, 1.807) is 6.20 Å². The summed E-state index contributed by atoms with van der Waals surface area (Å²) in [4.78, 5) is 18.6. The molecule has 0 radical (unpaired) electrons. The summed E-state index contributed by atoms with van der Waals surface area (Å²) in [5.74, 6) is 0.646. The van der Waals surface area contributed by atoms with Gasteiger partial charge in [0.2, 0.25) is 5.88 Å². The van der Waals surface area contributed by atoms with Crippen LogP contribution in [0.15, 0.2) is 47.1 Å². The van der Waals surface area contributed by atoms with E-state index < -0.39 is 0 Å². The van der Waals surface area contributed by atoms with Crippen LogP contribution < -0.4 is 4.74 Å². The van der Waals surface area contributed by atoms with Crippen LogP contribution >= 0.6 is 38.5 Å². The molecule has 0 bridgehead atoms. The Labute approximate surface area is 151 Å². The predicted molar refractivity (Wildman–Crippen MR) is 96.0 cm³/mol. The SMILES string of the molecule is O=C(c1ccccc1I)N1CCC(Oc2ncccc2Br)C1. The molecule has 1 aliphatic heterocycles. The third-order valence-corrected chi connectivity index (χ3v) is 5.08. The van der Waals surface area contributed by atoms with Gasteiger partial charge in [0.1, 0.15) is 6.10 Å². The number of likely N-dealkylation sites (tertiary alicyclic amines) is 1. The van der Waals surface area contributed by atoms with Gasteiger partial charge in [0.15, 0.2) is 0 Å². The number of carbonyl (C=O) groups excluding carboxylic acids is 1. The lowest BCUT2D eigenvalue weighted by Crippen LogP contribution is -2.31. The number of carbonyl (C=O) groups is 1. The second-order valence-corrected chi connectivity index (χ2v) is 7.07. The van der Waals surface area contributed by atoms with E-state index >= 15 is 0 Å². The molecule has 1 amide bonds. The summed E-state index contributed by atoms with van der Waals surface area (Å²) >= 11 is 5.62. The van der Waals surface area contributed by atoms with Crippen molar-refractivity contribution in [1.82, 2.24) is 9.88 Å². The molecule has 0 aliphatic carbocycles. The van der Waals surface area contributed by atoms with Crippen molar-refractivity contribution in [2.45, 2.75) is 12.5 Å². The number of pyridine rings is 1. The first-order valence-electron chi connectivity index (χ1n) is 6.96. The minimum atomic E-state index is -0.0171. The van der Waals surface area contributed by atoms with Gasteiger partial charge in [-0.25, -0.2) is 4.98 Å². The van der Waals surface area contributed by atoms with Gasteiger partial charge in [-0.2, -0.15) is 0 Å². The standard InChI is InChI=1S/C16H14BrIN2O2/c17-13-5-3-8-19-15(13)22-11-7-9-20(10-11)16(21)12-4-1-2-6-14(12)18/h1-6,8,11H,7,9-10H2. The summed E-state index contributed by atoms with van der Waals surface area (Å²) in [7, 11) is 0. The van der Waals surface area contributed by atoms with Crippen molar-refractivity contribution in [2.24, 2.45) is 0 Å². The third kappa shape index (κ3) is 3.43. The van der Waals surface area contributed by atoms with Crippen LogP contribution in [-0.4, -0.2) is 35.0 Å². The predicted octanol–water partition coefficient (Wildman–Crippen LogP) is 3.74. The number of ether oxygens (including phenoxy) is 1. The normalized spacial score (nSPS) is 17.5. The average Bonchev–Trinajstić information content (AvgIpc) is 2.98. The van der Waals surface area contributed by atoms with Crippen LogP contribution in [0.25, 0.3) is 0 Å². The van der Waals surface area contributed by atoms with Gasteiger partial charge in [0.05, 0.1) is 16.6 Å². The van der Waals surface area contributed by atoms with Crippen LogP contribution in [0.4, 0.5) is 0 Å². The molecule has 114 valence electrons. The zero-order valence-electron chi connectivity index (χ0n) is 11.7. The molecule has 1 unspecified atom stereocenters. The molecular weight excluding hydrogens is 459 g/mol. The molecule has 4 nitrogen and oxygen atoms in total. The molecule has 1 aromatic heterocycles. The van der Waals surface area contributed by atoms with Crippen LogP contribution in [0.2, 0.25) is 0 Å². The number of hydrogen-bond acceptors (Lipinski definition) is 3. The summed E-state index contributed by atoms with van der Waals surface area (Å²) in [6.45, 7) is 1.30. The van der Waals surface area contributed by atoms with E-state index in [4.69, 9.17) is 4.74 Å². The van der Waals surface area contributed by atoms with Crippen molar-refractivity contribution >= 4 is 44.4 Å². The molecule has 2 heterocycles. The molecule has 1 saturated heterocycles. The average molecular weight is 473 g/mol. The summed E-state index contributed by atoms with van der Waals surface area (Å²) in [5.41, 5.74) is 0.753. The first-order valence-corrected chi connectivity index (χ1v) is 8.83. The second kappa shape index (κ2) is 6.95. The molecule has 22 heavy (non-hydrogen) atoms. The Morgan fingerprint density at radius 3 is 2.91 bits per heavy atom. The molecule has 0 spiro atoms. The van der Waals surface area contributed by atoms with Crippen LogP contribution in [0.5, 0.6) is 5.88 Å². The maximum Gasteiger partial charge on any atom is 0.255 e. The molecule has 6 heteroatoms. The first-order chi connectivity index (χ1) is 10.6. The minimum Gasteiger partial charge on any atom is -0.472 e. The van der Waals surface area contributed by atoms with Gasteiger partial charge in [-0.3, -0.25) is 4.79 Å². The lowest BCUT2D eigenvalue weighted by atomic mass is 10.2. The Morgan fingerprint density at radius 1 is 1.32 bits per heavy atom. The van der Waals surface area contributed by atoms with E-state index in [2.05, 4.69) is 43.5 Å². The molecule has 1 aromatic carbocycles. The monoisotopic (exact) mass is 472 g/mol. The van der Waals surface area contributed by atoms with Gasteiger partial charge in [-0.05, 0) is 62.8 Å². The lowest BCUT2D eigenvalue weighted by molar-refractivity contribution is 0.0770. The summed E-state index contributed by atoms with van der Waals surface area (Å²) in [5, 5.41) is 0. The largest absolute Gasteiger partial charge is 0.472 e. The van der Waals surface area contributed by atoms with Gasteiger partial charge in [-0.1, -0.05) is 12.1 Å². The highest BCUT2D eigenvalue weighted by Gasteiger charge is 2.29. The number of amides is 1. The summed E-state index contributed by atoms with van der Waals surface area (Å²) in [6.07, 6.45) is 2.50. The van der Waals surface area contributed by atoms with Gasteiger partial charge >= 0.3 is 0 Å². The van der Waals surface area contributed by atoms with Crippen LogP contribution in [0.1, 0.15) is 16.8 Å². The number of aromatic nitrogens is 1. The quantitative estimate of drug-likeness (QED) is 0.639. The number of nitrogens with zero attached hydrogens (tertiary/aromatic N) is 2. The Kier molecular flexibility index (Phi) is 4.97. The van der Waals surface area contributed by atoms with E-state index in [1.165, 1.54) is 0 Å². The van der Waals surface area contributed by atoms with Crippen molar-refractivity contribution in [3.63, 3.8) is 0 Å². The Balaban J connectivity index is 1.66. The van der Waals surface area contributed by atoms with Crippen LogP contribution in [0, 0.1) is 3.57 Å². The molecule has 3 rings (SSSR count). The van der Waals surface area contributed by atoms with E-state index in [-0.39, 0.29) is 12.0 Å². The third-order valence-electron chi connectivity index (χ3n) is 3.54. The highest BCUT2D eigenvalue weighted by Crippen LogP contribution is 2.25. The van der Waals surface area contributed by atoms with Crippen molar-refractivity contribution in [2.75, 3.05) is 13.1 Å². The number of halogens is 2. The fraction of sp³-hybridized carbons (Fsp3) is 0.250. The molecule has 1 fully saturated rings. The fourth-order valence-corrected chi connectivity index (χ4v) is 3.40. The Morgan fingerprint density at radius 2 is 2.14 bits per heavy atom. The van der Waals surface area contributed by atoms with Crippen molar-refractivity contribution in [1.29, 1.82) is 0 Å². The van der Waals surface area contributed by atoms with Crippen LogP contribution in [-0.2, 0) is 0 Å². The number of rotatable bonds is 3. The van der Waals surface area contributed by atoms with E-state index in [0.717, 1.165) is 20.0 Å². The van der Waals surface area contributed by atoms with Gasteiger partial charge in [0, 0.05) is 22.7 Å². The van der Waals surface area contributed by atoms with Crippen molar-refractivity contribution in [3.8, 4) is 5.88 Å². The summed E-state index contributed by atoms with van der Waals surface area (Å²) < 4.78 is 7.70. The molecule has 0 saturated carbocycles. The highest BCUT2D eigenvalue weighted by molar-refractivity contribution is 14.1. The van der Waals surface area contributed by atoms with E-state index in [1.807, 2.05) is 41.3 Å². The van der Waals surface area contributed by atoms with E-state index in [0.29, 0.717) is 19.0 Å².